The molecule has 0 bridgehead atoms. The Hall–Kier alpha value is -4.11. The van der Waals surface area contributed by atoms with Crippen molar-refractivity contribution in [3.05, 3.63) is 77.9 Å². The largest absolute Gasteiger partial charge is 0.384 e. The molecule has 1 aliphatic heterocycles. The van der Waals surface area contributed by atoms with E-state index < -0.39 is 11.7 Å². The molecule has 9 heteroatoms. The number of nitrogens with zero attached hydrogens (tertiary/aromatic N) is 4. The third-order valence-electron chi connectivity index (χ3n) is 6.20. The van der Waals surface area contributed by atoms with Gasteiger partial charge in [0.05, 0.1) is 11.6 Å². The predicted octanol–water partition coefficient (Wildman–Crippen LogP) is 4.20. The lowest BCUT2D eigenvalue weighted by atomic mass is 10.0. The Morgan fingerprint density at radius 2 is 2.03 bits per heavy atom. The molecule has 0 radical (unpaired) electrons. The number of nitrogen functional groups attached to an aromatic ring is 1. The van der Waals surface area contributed by atoms with E-state index >= 15 is 4.39 Å². The summed E-state index contributed by atoms with van der Waals surface area (Å²) in [6, 6.07) is 13.7. The molecule has 0 unspecified atom stereocenters. The third kappa shape index (κ3) is 4.63. The second kappa shape index (κ2) is 9.63. The van der Waals surface area contributed by atoms with Crippen LogP contribution in [0, 0.1) is 12.7 Å². The molecule has 178 valence electrons. The van der Waals surface area contributed by atoms with Gasteiger partial charge in [-0.05, 0) is 67.6 Å². The van der Waals surface area contributed by atoms with Crippen molar-refractivity contribution in [2.45, 2.75) is 25.8 Å². The monoisotopic (exact) mass is 471 g/mol. The summed E-state index contributed by atoms with van der Waals surface area (Å²) in [5.41, 5.74) is 7.08. The normalized spacial score (nSPS) is 15.7. The van der Waals surface area contributed by atoms with E-state index in [4.69, 9.17) is 5.73 Å². The standard InChI is InChI=1S/C26H26FN7O/c1-16-4-2-5-17-9-12-30-24(23(16)17)34(19-6-3-11-29-15-19)25(35)20-8-7-18(14-21(20)27)32-26-31-13-10-22(28)33-26/h2,4-5,7-10,12-14,19,29H,3,6,11,15H2,1H3,(H3,28,31,32,33)/t19-/m1/s1. The molecule has 1 saturated heterocycles. The molecule has 2 aromatic carbocycles. The average molecular weight is 472 g/mol. The van der Waals surface area contributed by atoms with Crippen LogP contribution < -0.4 is 21.3 Å². The van der Waals surface area contributed by atoms with Crippen LogP contribution >= 0.6 is 0 Å². The Bertz CT molecular complexity index is 1380. The first-order valence-electron chi connectivity index (χ1n) is 11.5. The molecule has 8 nitrogen and oxygen atoms in total. The second-order valence-electron chi connectivity index (χ2n) is 8.61. The molecule has 0 aliphatic carbocycles. The molecule has 2 aromatic heterocycles. The molecule has 35 heavy (non-hydrogen) atoms. The van der Waals surface area contributed by atoms with E-state index in [0.29, 0.717) is 23.9 Å². The lowest BCUT2D eigenvalue weighted by Crippen LogP contribution is -2.49. The minimum atomic E-state index is -0.644. The number of pyridine rings is 1. The maximum atomic E-state index is 15.3. The number of halogens is 1. The van der Waals surface area contributed by atoms with E-state index in [-0.39, 0.29) is 17.6 Å². The van der Waals surface area contributed by atoms with Crippen molar-refractivity contribution in [2.75, 3.05) is 29.0 Å². The number of piperidine rings is 1. The van der Waals surface area contributed by atoms with Crippen LogP contribution in [0.4, 0.5) is 27.7 Å². The number of anilines is 4. The van der Waals surface area contributed by atoms with Gasteiger partial charge in [0.1, 0.15) is 17.5 Å². The summed E-state index contributed by atoms with van der Waals surface area (Å²) in [4.78, 5) is 28.3. The summed E-state index contributed by atoms with van der Waals surface area (Å²) in [5, 5.41) is 8.16. The average Bonchev–Trinajstić information content (AvgIpc) is 2.85. The van der Waals surface area contributed by atoms with Gasteiger partial charge < -0.3 is 16.4 Å². The zero-order valence-corrected chi connectivity index (χ0v) is 19.3. The highest BCUT2D eigenvalue weighted by Crippen LogP contribution is 2.32. The van der Waals surface area contributed by atoms with Crippen LogP contribution in [0.1, 0.15) is 28.8 Å². The van der Waals surface area contributed by atoms with Crippen LogP contribution in [0.5, 0.6) is 0 Å². The van der Waals surface area contributed by atoms with E-state index in [1.165, 1.54) is 18.3 Å². The maximum Gasteiger partial charge on any atom is 0.262 e. The Morgan fingerprint density at radius 1 is 1.17 bits per heavy atom. The second-order valence-corrected chi connectivity index (χ2v) is 8.61. The summed E-state index contributed by atoms with van der Waals surface area (Å²) in [7, 11) is 0. The SMILES string of the molecule is Cc1cccc2ccnc(N(C(=O)c3ccc(Nc4nccc(N)n4)cc3F)[C@@H]3CCCNC3)c12. The Balaban J connectivity index is 1.53. The number of carbonyl (C=O) groups is 1. The molecule has 1 fully saturated rings. The summed E-state index contributed by atoms with van der Waals surface area (Å²) in [6.45, 7) is 3.50. The fourth-order valence-corrected chi connectivity index (χ4v) is 4.52. The molecule has 3 heterocycles. The number of benzene rings is 2. The van der Waals surface area contributed by atoms with Gasteiger partial charge >= 0.3 is 0 Å². The minimum Gasteiger partial charge on any atom is -0.384 e. The molecular weight excluding hydrogens is 445 g/mol. The van der Waals surface area contributed by atoms with Crippen LogP contribution in [0.15, 0.2) is 60.9 Å². The molecule has 0 spiro atoms. The smallest absolute Gasteiger partial charge is 0.262 e. The Kier molecular flexibility index (Phi) is 6.24. The number of amides is 1. The van der Waals surface area contributed by atoms with E-state index in [9.17, 15) is 4.79 Å². The van der Waals surface area contributed by atoms with Crippen molar-refractivity contribution in [3.8, 4) is 0 Å². The van der Waals surface area contributed by atoms with Crippen molar-refractivity contribution in [1.29, 1.82) is 0 Å². The van der Waals surface area contributed by atoms with Crippen molar-refractivity contribution in [2.24, 2.45) is 0 Å². The lowest BCUT2D eigenvalue weighted by Gasteiger charge is -2.35. The van der Waals surface area contributed by atoms with Gasteiger partial charge in [0, 0.05) is 30.0 Å². The first-order chi connectivity index (χ1) is 17.0. The van der Waals surface area contributed by atoms with Crippen molar-refractivity contribution < 1.29 is 9.18 Å². The molecule has 5 rings (SSSR count). The van der Waals surface area contributed by atoms with Crippen LogP contribution in [-0.2, 0) is 0 Å². The predicted molar refractivity (Wildman–Crippen MR) is 135 cm³/mol. The summed E-state index contributed by atoms with van der Waals surface area (Å²) in [6.07, 6.45) is 4.93. The summed E-state index contributed by atoms with van der Waals surface area (Å²) < 4.78 is 15.3. The fourth-order valence-electron chi connectivity index (χ4n) is 4.52. The number of aromatic nitrogens is 3. The first-order valence-corrected chi connectivity index (χ1v) is 11.5. The van der Waals surface area contributed by atoms with Gasteiger partial charge in [0.15, 0.2) is 0 Å². The van der Waals surface area contributed by atoms with E-state index in [1.54, 1.807) is 23.2 Å². The number of hydrogen-bond donors (Lipinski definition) is 3. The summed E-state index contributed by atoms with van der Waals surface area (Å²) in [5.74, 6) is 0.0214. The molecule has 1 aliphatic rings. The molecule has 4 aromatic rings. The number of hydrogen-bond acceptors (Lipinski definition) is 7. The van der Waals surface area contributed by atoms with Crippen molar-refractivity contribution >= 4 is 40.0 Å². The molecule has 1 amide bonds. The number of aryl methyl sites for hydroxylation is 1. The van der Waals surface area contributed by atoms with E-state index in [1.807, 2.05) is 31.2 Å². The topological polar surface area (TPSA) is 109 Å². The number of nitrogens with one attached hydrogen (secondary N) is 2. The van der Waals surface area contributed by atoms with Crippen LogP contribution in [-0.4, -0.2) is 40.0 Å². The van der Waals surface area contributed by atoms with Gasteiger partial charge in [-0.1, -0.05) is 18.2 Å². The van der Waals surface area contributed by atoms with Crippen LogP contribution in [0.2, 0.25) is 0 Å². The minimum absolute atomic E-state index is 0.0259. The van der Waals surface area contributed by atoms with Gasteiger partial charge in [-0.25, -0.2) is 14.4 Å². The van der Waals surface area contributed by atoms with E-state index in [2.05, 4.69) is 25.6 Å². The molecular formula is C26H26FN7O. The van der Waals surface area contributed by atoms with Gasteiger partial charge in [0.2, 0.25) is 5.95 Å². The van der Waals surface area contributed by atoms with Crippen molar-refractivity contribution in [1.82, 2.24) is 20.3 Å². The number of rotatable bonds is 5. The van der Waals surface area contributed by atoms with Crippen LogP contribution in [0.3, 0.4) is 0 Å². The quantitative estimate of drug-likeness (QED) is 0.400. The Labute approximate surface area is 202 Å². The molecule has 1 atom stereocenters. The fraction of sp³-hybridized carbons (Fsp3) is 0.231. The highest BCUT2D eigenvalue weighted by Gasteiger charge is 2.31. The highest BCUT2D eigenvalue weighted by molar-refractivity contribution is 6.11. The Morgan fingerprint density at radius 3 is 2.80 bits per heavy atom. The number of nitrogens with two attached hydrogens (primary N) is 1. The number of carbonyl (C=O) groups excluding carboxylic acids is 1. The summed E-state index contributed by atoms with van der Waals surface area (Å²) >= 11 is 0. The molecule has 0 saturated carbocycles. The lowest BCUT2D eigenvalue weighted by molar-refractivity contribution is 0.0968. The van der Waals surface area contributed by atoms with Crippen molar-refractivity contribution in [3.63, 3.8) is 0 Å². The van der Waals surface area contributed by atoms with Gasteiger partial charge in [-0.3, -0.25) is 9.69 Å². The molecule has 4 N–H and O–H groups in total. The number of fused-ring (bicyclic) bond motifs is 1. The van der Waals surface area contributed by atoms with Gasteiger partial charge in [-0.2, -0.15) is 4.98 Å². The first kappa shape index (κ1) is 22.7. The van der Waals surface area contributed by atoms with E-state index in [0.717, 1.165) is 35.7 Å². The maximum absolute atomic E-state index is 15.3. The van der Waals surface area contributed by atoms with Gasteiger partial charge in [0.25, 0.3) is 5.91 Å². The highest BCUT2D eigenvalue weighted by atomic mass is 19.1. The zero-order chi connectivity index (χ0) is 24.4. The zero-order valence-electron chi connectivity index (χ0n) is 19.3. The third-order valence-corrected chi connectivity index (χ3v) is 6.20. The van der Waals surface area contributed by atoms with Gasteiger partial charge in [-0.15, -0.1) is 0 Å². The van der Waals surface area contributed by atoms with Crippen LogP contribution in [0.25, 0.3) is 10.8 Å².